The number of benzene rings is 2. The molecule has 6 nitrogen and oxygen atoms in total. The molecule has 1 aliphatic heterocycles. The second kappa shape index (κ2) is 12.7. The lowest BCUT2D eigenvalue weighted by Gasteiger charge is -2.24. The highest BCUT2D eigenvalue weighted by Gasteiger charge is 2.16. The Morgan fingerprint density at radius 2 is 1.75 bits per heavy atom. The van der Waals surface area contributed by atoms with Crippen molar-refractivity contribution in [3.8, 4) is 17.0 Å². The van der Waals surface area contributed by atoms with Crippen molar-refractivity contribution in [2.45, 2.75) is 44.6 Å². The van der Waals surface area contributed by atoms with Crippen molar-refractivity contribution < 1.29 is 4.74 Å². The van der Waals surface area contributed by atoms with Gasteiger partial charge in [-0.15, -0.1) is 22.0 Å². The van der Waals surface area contributed by atoms with Gasteiger partial charge in [0.25, 0.3) is 0 Å². The molecule has 188 valence electrons. The Bertz CT molecular complexity index is 1280. The number of ether oxygens (including phenoxy) is 1. The predicted octanol–water partition coefficient (Wildman–Crippen LogP) is 6.38. The first kappa shape index (κ1) is 25.9. The normalized spacial score (nSPS) is 13.8. The zero-order valence-electron chi connectivity index (χ0n) is 21.4. The van der Waals surface area contributed by atoms with E-state index in [0.717, 1.165) is 32.9 Å². The SMILES string of the molecule is CCN1CCCCC1.CSc1ccc(-c2nnc(N)c3nc(C)ccc23)c(OCc2ccccc2)c1. The fourth-order valence-electron chi connectivity index (χ4n) is 4.30. The number of hydrogen-bond donors (Lipinski definition) is 1. The molecule has 1 aliphatic rings. The number of aryl methyl sites for hydroxylation is 1. The van der Waals surface area contributed by atoms with Crippen molar-refractivity contribution in [1.82, 2.24) is 20.1 Å². The van der Waals surface area contributed by atoms with Crippen LogP contribution in [0.25, 0.3) is 22.2 Å². The Balaban J connectivity index is 0.000000325. The number of thioether (sulfide) groups is 1. The van der Waals surface area contributed by atoms with E-state index in [2.05, 4.69) is 33.1 Å². The molecule has 1 fully saturated rings. The minimum atomic E-state index is 0.329. The van der Waals surface area contributed by atoms with Crippen LogP contribution >= 0.6 is 11.8 Å². The molecule has 0 radical (unpaired) electrons. The Hall–Kier alpha value is -3.16. The highest BCUT2D eigenvalue weighted by molar-refractivity contribution is 7.98. The van der Waals surface area contributed by atoms with Crippen LogP contribution in [0.15, 0.2) is 65.6 Å². The highest BCUT2D eigenvalue weighted by atomic mass is 32.2. The first-order valence-electron chi connectivity index (χ1n) is 12.6. The Labute approximate surface area is 218 Å². The summed E-state index contributed by atoms with van der Waals surface area (Å²) in [7, 11) is 0. The number of hydrogen-bond acceptors (Lipinski definition) is 7. The number of likely N-dealkylation sites (tertiary alicyclic amines) is 1. The van der Waals surface area contributed by atoms with E-state index in [9.17, 15) is 0 Å². The number of aromatic nitrogens is 3. The van der Waals surface area contributed by atoms with Gasteiger partial charge < -0.3 is 15.4 Å². The summed E-state index contributed by atoms with van der Waals surface area (Å²) in [6, 6.07) is 20.1. The molecule has 0 amide bonds. The van der Waals surface area contributed by atoms with Crippen LogP contribution in [0, 0.1) is 6.92 Å². The van der Waals surface area contributed by atoms with Gasteiger partial charge in [0, 0.05) is 21.5 Å². The molecule has 5 rings (SSSR count). The number of anilines is 1. The molecule has 0 bridgehead atoms. The standard InChI is InChI=1S/C22H20N4OS.C7H15N/c1-14-8-10-18-20(25-26-22(23)21(18)24-14)17-11-9-16(28-2)12-19(17)27-13-15-6-4-3-5-7-15;1-2-8-6-4-3-5-7-8/h3-12H,13H2,1-2H3,(H2,23,26);2-7H2,1H3. The lowest BCUT2D eigenvalue weighted by molar-refractivity contribution is 0.240. The Kier molecular flexibility index (Phi) is 9.14. The molecule has 2 aromatic carbocycles. The van der Waals surface area contributed by atoms with E-state index in [1.165, 1.54) is 38.9 Å². The third kappa shape index (κ3) is 6.53. The van der Waals surface area contributed by atoms with Crippen LogP contribution in [-0.2, 0) is 6.61 Å². The average Bonchev–Trinajstić information content (AvgIpc) is 2.94. The number of piperidine rings is 1. The van der Waals surface area contributed by atoms with E-state index in [0.29, 0.717) is 23.6 Å². The van der Waals surface area contributed by atoms with Crippen molar-refractivity contribution in [2.24, 2.45) is 0 Å². The molecule has 7 heteroatoms. The van der Waals surface area contributed by atoms with Crippen molar-refractivity contribution >= 4 is 28.5 Å². The van der Waals surface area contributed by atoms with E-state index < -0.39 is 0 Å². The number of nitrogens with zero attached hydrogens (tertiary/aromatic N) is 4. The molecule has 0 spiro atoms. The van der Waals surface area contributed by atoms with Crippen LogP contribution < -0.4 is 10.5 Å². The van der Waals surface area contributed by atoms with Crippen molar-refractivity contribution in [1.29, 1.82) is 0 Å². The van der Waals surface area contributed by atoms with Gasteiger partial charge >= 0.3 is 0 Å². The van der Waals surface area contributed by atoms with Crippen LogP contribution in [0.1, 0.15) is 37.4 Å². The number of fused-ring (bicyclic) bond motifs is 1. The number of nitrogens with two attached hydrogens (primary N) is 1. The topological polar surface area (TPSA) is 77.2 Å². The number of rotatable bonds is 6. The van der Waals surface area contributed by atoms with Crippen molar-refractivity contribution in [3.63, 3.8) is 0 Å². The molecule has 0 unspecified atom stereocenters. The zero-order valence-corrected chi connectivity index (χ0v) is 22.2. The van der Waals surface area contributed by atoms with E-state index in [4.69, 9.17) is 10.5 Å². The molecular weight excluding hydrogens is 466 g/mol. The fraction of sp³-hybridized carbons (Fsp3) is 0.345. The summed E-state index contributed by atoms with van der Waals surface area (Å²) in [5.41, 5.74) is 10.3. The third-order valence-electron chi connectivity index (χ3n) is 6.37. The summed E-state index contributed by atoms with van der Waals surface area (Å²) in [5, 5.41) is 9.37. The zero-order chi connectivity index (χ0) is 25.3. The molecule has 3 heterocycles. The van der Waals surface area contributed by atoms with Gasteiger partial charge in [-0.3, -0.25) is 0 Å². The molecule has 36 heavy (non-hydrogen) atoms. The lowest BCUT2D eigenvalue weighted by atomic mass is 10.1. The van der Waals surface area contributed by atoms with Crippen molar-refractivity contribution in [3.05, 3.63) is 71.9 Å². The maximum atomic E-state index is 6.19. The summed E-state index contributed by atoms with van der Waals surface area (Å²) >= 11 is 1.67. The molecule has 2 N–H and O–H groups in total. The highest BCUT2D eigenvalue weighted by Crippen LogP contribution is 2.36. The predicted molar refractivity (Wildman–Crippen MR) is 150 cm³/mol. The third-order valence-corrected chi connectivity index (χ3v) is 7.09. The van der Waals surface area contributed by atoms with Crippen LogP contribution in [-0.4, -0.2) is 46.0 Å². The van der Waals surface area contributed by atoms with Gasteiger partial charge in [-0.2, -0.15) is 0 Å². The molecule has 4 aromatic rings. The first-order chi connectivity index (χ1) is 17.6. The molecule has 0 atom stereocenters. The summed E-state index contributed by atoms with van der Waals surface area (Å²) in [6.07, 6.45) is 6.35. The summed E-state index contributed by atoms with van der Waals surface area (Å²) < 4.78 is 6.19. The van der Waals surface area contributed by atoms with Crippen LogP contribution in [0.5, 0.6) is 5.75 Å². The van der Waals surface area contributed by atoms with E-state index >= 15 is 0 Å². The van der Waals surface area contributed by atoms with Crippen LogP contribution in [0.2, 0.25) is 0 Å². The molecule has 0 saturated carbocycles. The van der Waals surface area contributed by atoms with Gasteiger partial charge in [-0.25, -0.2) is 4.98 Å². The molecule has 1 saturated heterocycles. The Morgan fingerprint density at radius 3 is 2.44 bits per heavy atom. The van der Waals surface area contributed by atoms with E-state index in [-0.39, 0.29) is 0 Å². The monoisotopic (exact) mass is 501 g/mol. The van der Waals surface area contributed by atoms with Crippen molar-refractivity contribution in [2.75, 3.05) is 31.6 Å². The van der Waals surface area contributed by atoms with Crippen LogP contribution in [0.3, 0.4) is 0 Å². The van der Waals surface area contributed by atoms with E-state index in [1.54, 1.807) is 11.8 Å². The van der Waals surface area contributed by atoms with E-state index in [1.807, 2.05) is 67.8 Å². The maximum absolute atomic E-state index is 6.19. The van der Waals surface area contributed by atoms with Gasteiger partial charge in [-0.05, 0) is 81.6 Å². The minimum absolute atomic E-state index is 0.329. The second-order valence-electron chi connectivity index (χ2n) is 8.91. The van der Waals surface area contributed by atoms with Gasteiger partial charge in [0.2, 0.25) is 0 Å². The quantitative estimate of drug-likeness (QED) is 0.307. The molecule has 2 aromatic heterocycles. The Morgan fingerprint density at radius 1 is 0.972 bits per heavy atom. The van der Waals surface area contributed by atoms with Crippen LogP contribution in [0.4, 0.5) is 5.82 Å². The lowest BCUT2D eigenvalue weighted by Crippen LogP contribution is -2.29. The largest absolute Gasteiger partial charge is 0.488 e. The molecular formula is C29H35N5OS. The smallest absolute Gasteiger partial charge is 0.172 e. The number of pyridine rings is 1. The first-order valence-corrected chi connectivity index (χ1v) is 13.8. The van der Waals surface area contributed by atoms with Gasteiger partial charge in [0.15, 0.2) is 5.82 Å². The minimum Gasteiger partial charge on any atom is -0.488 e. The van der Waals surface area contributed by atoms with Gasteiger partial charge in [0.05, 0.1) is 0 Å². The average molecular weight is 502 g/mol. The summed E-state index contributed by atoms with van der Waals surface area (Å²) in [6.45, 7) is 8.59. The molecule has 0 aliphatic carbocycles. The fourth-order valence-corrected chi connectivity index (χ4v) is 4.73. The second-order valence-corrected chi connectivity index (χ2v) is 9.79. The van der Waals surface area contributed by atoms with Gasteiger partial charge in [-0.1, -0.05) is 43.7 Å². The maximum Gasteiger partial charge on any atom is 0.172 e. The number of nitrogen functional groups attached to an aromatic ring is 1. The summed E-state index contributed by atoms with van der Waals surface area (Å²) in [4.78, 5) is 8.18. The van der Waals surface area contributed by atoms with Gasteiger partial charge in [0.1, 0.15) is 23.6 Å². The summed E-state index contributed by atoms with van der Waals surface area (Å²) in [5.74, 6) is 1.09.